The Kier molecular flexibility index (Phi) is 8.54. The van der Waals surface area contributed by atoms with Gasteiger partial charge in [0.2, 0.25) is 5.91 Å². The number of nitrogens with one attached hydrogen (secondary N) is 3. The molecule has 0 aliphatic rings. The van der Waals surface area contributed by atoms with E-state index in [1.165, 1.54) is 11.3 Å². The topological polar surface area (TPSA) is 116 Å². The molecule has 0 saturated carbocycles. The molecule has 0 aliphatic carbocycles. The van der Waals surface area contributed by atoms with E-state index in [-0.39, 0.29) is 30.5 Å². The van der Waals surface area contributed by atoms with Crippen LogP contribution in [0.2, 0.25) is 0 Å². The fourth-order valence-electron chi connectivity index (χ4n) is 3.67. The zero-order valence-electron chi connectivity index (χ0n) is 20.2. The van der Waals surface area contributed by atoms with Gasteiger partial charge in [0.1, 0.15) is 10.7 Å². The lowest BCUT2D eigenvalue weighted by molar-refractivity contribution is -0.122. The van der Waals surface area contributed by atoms with Gasteiger partial charge in [0.05, 0.1) is 23.4 Å². The van der Waals surface area contributed by atoms with Crippen molar-refractivity contribution in [1.82, 2.24) is 20.2 Å². The Balaban J connectivity index is 1.73. The quantitative estimate of drug-likeness (QED) is 0.380. The number of thiophene rings is 1. The fourth-order valence-corrected chi connectivity index (χ4v) is 4.77. The highest BCUT2D eigenvalue weighted by atomic mass is 32.1. The number of aromatic amines is 1. The van der Waals surface area contributed by atoms with Crippen molar-refractivity contribution in [3.63, 3.8) is 0 Å². The Hall–Kier alpha value is -3.08. The van der Waals surface area contributed by atoms with E-state index in [1.807, 2.05) is 32.0 Å². The van der Waals surface area contributed by atoms with Gasteiger partial charge in [-0.25, -0.2) is 4.98 Å². The van der Waals surface area contributed by atoms with Crippen LogP contribution in [0, 0.1) is 20.8 Å². The highest BCUT2D eigenvalue weighted by molar-refractivity contribution is 7.20. The summed E-state index contributed by atoms with van der Waals surface area (Å²) in [6, 6.07) is 5.82. The second-order valence-corrected chi connectivity index (χ2v) is 9.39. The maximum Gasteiger partial charge on any atom is 0.266 e. The highest BCUT2D eigenvalue weighted by Crippen LogP contribution is 2.28. The molecule has 0 atom stereocenters. The number of rotatable bonds is 10. The van der Waals surface area contributed by atoms with Gasteiger partial charge in [-0.1, -0.05) is 17.7 Å². The van der Waals surface area contributed by atoms with E-state index in [1.54, 1.807) is 26.0 Å². The predicted molar refractivity (Wildman–Crippen MR) is 135 cm³/mol. The predicted octanol–water partition coefficient (Wildman–Crippen LogP) is 2.75. The zero-order chi connectivity index (χ0) is 24.8. The van der Waals surface area contributed by atoms with Gasteiger partial charge in [0.25, 0.3) is 11.5 Å². The second kappa shape index (κ2) is 11.4. The zero-order valence-corrected chi connectivity index (χ0v) is 21.0. The Morgan fingerprint density at radius 1 is 1.24 bits per heavy atom. The lowest BCUT2D eigenvalue weighted by Gasteiger charge is -2.15. The summed E-state index contributed by atoms with van der Waals surface area (Å²) in [5.41, 5.74) is 3.13. The van der Waals surface area contributed by atoms with Crippen LogP contribution in [-0.4, -0.2) is 60.5 Å². The van der Waals surface area contributed by atoms with Crippen LogP contribution in [0.5, 0.6) is 0 Å². The molecular formula is C24H31N5O4S. The van der Waals surface area contributed by atoms with Gasteiger partial charge in [0, 0.05) is 25.9 Å². The van der Waals surface area contributed by atoms with Crippen LogP contribution < -0.4 is 16.2 Å². The molecule has 3 rings (SSSR count). The minimum Gasteiger partial charge on any atom is -0.385 e. The number of benzene rings is 1. The molecule has 34 heavy (non-hydrogen) atoms. The van der Waals surface area contributed by atoms with Crippen molar-refractivity contribution >= 4 is 39.1 Å². The molecule has 182 valence electrons. The number of nitrogens with zero attached hydrogens (tertiary/aromatic N) is 2. The first kappa shape index (κ1) is 25.5. The first-order chi connectivity index (χ1) is 16.2. The molecule has 0 bridgehead atoms. The number of hydrogen-bond donors (Lipinski definition) is 3. The van der Waals surface area contributed by atoms with E-state index in [4.69, 9.17) is 4.74 Å². The molecule has 3 N–H and O–H groups in total. The molecule has 0 saturated heterocycles. The van der Waals surface area contributed by atoms with Crippen molar-refractivity contribution in [2.45, 2.75) is 33.7 Å². The van der Waals surface area contributed by atoms with Gasteiger partial charge >= 0.3 is 0 Å². The Morgan fingerprint density at radius 2 is 2.00 bits per heavy atom. The van der Waals surface area contributed by atoms with Crippen LogP contribution in [0.4, 0.5) is 5.69 Å². The third kappa shape index (κ3) is 6.28. The molecule has 10 heteroatoms. The highest BCUT2D eigenvalue weighted by Gasteiger charge is 2.20. The van der Waals surface area contributed by atoms with Crippen LogP contribution in [0.25, 0.3) is 10.2 Å². The van der Waals surface area contributed by atoms with Gasteiger partial charge in [-0.3, -0.25) is 19.3 Å². The van der Waals surface area contributed by atoms with Crippen molar-refractivity contribution in [3.05, 3.63) is 55.9 Å². The lowest BCUT2D eigenvalue weighted by atomic mass is 10.1. The number of fused-ring (bicyclic) bond motifs is 1. The minimum absolute atomic E-state index is 0.112. The number of hydrogen-bond acceptors (Lipinski definition) is 7. The molecule has 0 radical (unpaired) electrons. The minimum atomic E-state index is -0.295. The number of carbonyl (C=O) groups excluding carboxylic acids is 2. The monoisotopic (exact) mass is 485 g/mol. The van der Waals surface area contributed by atoms with Gasteiger partial charge in [-0.15, -0.1) is 11.3 Å². The third-order valence-corrected chi connectivity index (χ3v) is 6.55. The number of H-pyrrole nitrogens is 1. The van der Waals surface area contributed by atoms with E-state index >= 15 is 0 Å². The first-order valence-electron chi connectivity index (χ1n) is 11.0. The van der Waals surface area contributed by atoms with Crippen LogP contribution in [0.3, 0.4) is 0 Å². The number of likely N-dealkylation sites (N-methyl/N-ethyl adjacent to an activating group) is 1. The van der Waals surface area contributed by atoms with Crippen molar-refractivity contribution in [3.8, 4) is 0 Å². The van der Waals surface area contributed by atoms with Crippen LogP contribution in [0.15, 0.2) is 23.0 Å². The average molecular weight is 486 g/mol. The lowest BCUT2D eigenvalue weighted by Crippen LogP contribution is -2.36. The average Bonchev–Trinajstić information content (AvgIpc) is 3.10. The van der Waals surface area contributed by atoms with E-state index in [0.717, 1.165) is 23.2 Å². The number of anilines is 1. The Labute approximate surface area is 202 Å². The van der Waals surface area contributed by atoms with Crippen LogP contribution in [-0.2, 0) is 16.1 Å². The number of amides is 2. The van der Waals surface area contributed by atoms with Gasteiger partial charge in [-0.05, 0) is 51.4 Å². The third-order valence-electron chi connectivity index (χ3n) is 5.37. The molecular weight excluding hydrogens is 454 g/mol. The number of methoxy groups -OCH3 is 1. The normalized spacial score (nSPS) is 11.2. The molecule has 0 spiro atoms. The number of carbonyl (C=O) groups is 2. The number of aryl methyl sites for hydroxylation is 3. The maximum absolute atomic E-state index is 13.0. The van der Waals surface area contributed by atoms with Crippen molar-refractivity contribution in [2.75, 3.05) is 39.2 Å². The number of ether oxygens (including phenoxy) is 1. The van der Waals surface area contributed by atoms with Gasteiger partial charge in [0.15, 0.2) is 0 Å². The van der Waals surface area contributed by atoms with Crippen molar-refractivity contribution < 1.29 is 14.3 Å². The van der Waals surface area contributed by atoms with Crippen molar-refractivity contribution in [1.29, 1.82) is 0 Å². The van der Waals surface area contributed by atoms with Crippen LogP contribution in [0.1, 0.15) is 38.6 Å². The molecule has 2 heterocycles. The van der Waals surface area contributed by atoms with E-state index in [2.05, 4.69) is 20.6 Å². The molecule has 0 fully saturated rings. The summed E-state index contributed by atoms with van der Waals surface area (Å²) in [6.45, 7) is 7.29. The molecule has 9 nitrogen and oxygen atoms in total. The van der Waals surface area contributed by atoms with Crippen molar-refractivity contribution in [2.24, 2.45) is 0 Å². The number of aromatic nitrogens is 2. The standard InChI is InChI=1S/C24H31N5O4S/c1-14-7-8-17(15(2)11-14)26-23(32)21-16(3)20-22(31)27-18(28-24(20)34-21)12-29(4)13-19(30)25-9-6-10-33-5/h7-8,11H,6,9-10,12-13H2,1-5H3,(H,25,30)(H,26,32)(H,27,28,31). The second-order valence-electron chi connectivity index (χ2n) is 8.39. The summed E-state index contributed by atoms with van der Waals surface area (Å²) in [5, 5.41) is 6.18. The van der Waals surface area contributed by atoms with Crippen LogP contribution >= 0.6 is 11.3 Å². The SMILES string of the molecule is COCCCNC(=O)CN(C)Cc1nc2sc(C(=O)Nc3ccc(C)cc3C)c(C)c2c(=O)[nH]1. The van der Waals surface area contributed by atoms with Gasteiger partial charge in [-0.2, -0.15) is 0 Å². The largest absolute Gasteiger partial charge is 0.385 e. The molecule has 2 amide bonds. The summed E-state index contributed by atoms with van der Waals surface area (Å²) in [5.74, 6) is 0.0600. The molecule has 1 aromatic carbocycles. The van der Waals surface area contributed by atoms with E-state index in [9.17, 15) is 14.4 Å². The van der Waals surface area contributed by atoms with E-state index < -0.39 is 0 Å². The molecule has 0 aliphatic heterocycles. The Bertz CT molecular complexity index is 1250. The molecule has 3 aromatic rings. The fraction of sp³-hybridized carbons (Fsp3) is 0.417. The Morgan fingerprint density at radius 3 is 2.71 bits per heavy atom. The maximum atomic E-state index is 13.0. The summed E-state index contributed by atoms with van der Waals surface area (Å²) >= 11 is 1.19. The summed E-state index contributed by atoms with van der Waals surface area (Å²) in [4.78, 5) is 47.9. The summed E-state index contributed by atoms with van der Waals surface area (Å²) in [6.07, 6.45) is 0.745. The summed E-state index contributed by atoms with van der Waals surface area (Å²) < 4.78 is 4.97. The molecule has 0 unspecified atom stereocenters. The first-order valence-corrected chi connectivity index (χ1v) is 11.9. The smallest absolute Gasteiger partial charge is 0.266 e. The van der Waals surface area contributed by atoms with E-state index in [0.29, 0.717) is 39.6 Å². The molecule has 2 aromatic heterocycles. The van der Waals surface area contributed by atoms with Gasteiger partial charge < -0.3 is 20.4 Å². The summed E-state index contributed by atoms with van der Waals surface area (Å²) in [7, 11) is 3.40.